The zero-order valence-corrected chi connectivity index (χ0v) is 11.2. The van der Waals surface area contributed by atoms with Crippen molar-refractivity contribution >= 4 is 0 Å². The van der Waals surface area contributed by atoms with Gasteiger partial charge in [0.1, 0.15) is 0 Å². The molecule has 0 saturated carbocycles. The molecule has 2 rings (SSSR count). The highest BCUT2D eigenvalue weighted by molar-refractivity contribution is 5.33. The highest BCUT2D eigenvalue weighted by Crippen LogP contribution is 2.32. The molecule has 0 fully saturated rings. The van der Waals surface area contributed by atoms with Crippen LogP contribution < -0.4 is 10.5 Å². The molecule has 2 atom stereocenters. The Balaban J connectivity index is 2.31. The Kier molecular flexibility index (Phi) is 4.65. The highest BCUT2D eigenvalue weighted by Gasteiger charge is 2.22. The van der Waals surface area contributed by atoms with E-state index in [4.69, 9.17) is 10.5 Å². The van der Waals surface area contributed by atoms with Crippen LogP contribution in [0.25, 0.3) is 0 Å². The summed E-state index contributed by atoms with van der Waals surface area (Å²) in [5.74, 6) is -0.642. The van der Waals surface area contributed by atoms with E-state index in [9.17, 15) is 9.50 Å². The van der Waals surface area contributed by atoms with Gasteiger partial charge in [-0.2, -0.15) is 0 Å². The van der Waals surface area contributed by atoms with Crippen molar-refractivity contribution in [1.82, 2.24) is 4.98 Å². The van der Waals surface area contributed by atoms with Crippen LogP contribution in [0.2, 0.25) is 0 Å². The first-order valence-electron chi connectivity index (χ1n) is 6.29. The van der Waals surface area contributed by atoms with Gasteiger partial charge in [-0.15, -0.1) is 0 Å². The SMILES string of the molecule is COc1cc(C(O)C(CN)c2ccncc2)ccc1F. The molecule has 0 bridgehead atoms. The molecular formula is C15H17FN2O2. The van der Waals surface area contributed by atoms with Gasteiger partial charge < -0.3 is 15.6 Å². The Morgan fingerprint density at radius 1 is 1.25 bits per heavy atom. The van der Waals surface area contributed by atoms with Gasteiger partial charge in [0.2, 0.25) is 0 Å². The molecule has 0 aliphatic heterocycles. The van der Waals surface area contributed by atoms with E-state index in [2.05, 4.69) is 4.98 Å². The van der Waals surface area contributed by atoms with Crippen molar-refractivity contribution in [2.45, 2.75) is 12.0 Å². The minimum Gasteiger partial charge on any atom is -0.494 e. The molecule has 1 heterocycles. The third kappa shape index (κ3) is 2.95. The summed E-state index contributed by atoms with van der Waals surface area (Å²) < 4.78 is 18.3. The summed E-state index contributed by atoms with van der Waals surface area (Å²) in [6.45, 7) is 0.269. The van der Waals surface area contributed by atoms with E-state index in [0.717, 1.165) is 5.56 Å². The number of hydrogen-bond acceptors (Lipinski definition) is 4. The molecule has 0 aliphatic rings. The van der Waals surface area contributed by atoms with Crippen LogP contribution in [-0.4, -0.2) is 23.7 Å². The van der Waals surface area contributed by atoms with E-state index in [1.807, 2.05) is 12.1 Å². The predicted molar refractivity (Wildman–Crippen MR) is 73.9 cm³/mol. The lowest BCUT2D eigenvalue weighted by atomic mass is 9.89. The smallest absolute Gasteiger partial charge is 0.165 e. The van der Waals surface area contributed by atoms with Crippen molar-refractivity contribution in [3.8, 4) is 5.75 Å². The van der Waals surface area contributed by atoms with Crippen LogP contribution >= 0.6 is 0 Å². The zero-order chi connectivity index (χ0) is 14.5. The topological polar surface area (TPSA) is 68.4 Å². The van der Waals surface area contributed by atoms with Crippen LogP contribution in [0.4, 0.5) is 4.39 Å². The number of ether oxygens (including phenoxy) is 1. The number of rotatable bonds is 5. The van der Waals surface area contributed by atoms with E-state index in [1.165, 1.54) is 25.3 Å². The number of aliphatic hydroxyl groups excluding tert-OH is 1. The maximum absolute atomic E-state index is 13.4. The first-order valence-corrected chi connectivity index (χ1v) is 6.29. The minimum atomic E-state index is -0.836. The number of halogens is 1. The standard InChI is InChI=1S/C15H17FN2O2/c1-20-14-8-11(2-3-13(14)16)15(19)12(9-17)10-4-6-18-7-5-10/h2-8,12,15,19H,9,17H2,1H3. The average Bonchev–Trinajstić information content (AvgIpc) is 2.49. The molecular weight excluding hydrogens is 259 g/mol. The Hall–Kier alpha value is -1.98. The first-order chi connectivity index (χ1) is 9.67. The molecule has 2 unspecified atom stereocenters. The van der Waals surface area contributed by atoms with E-state index in [0.29, 0.717) is 5.56 Å². The van der Waals surface area contributed by atoms with Gasteiger partial charge in [-0.1, -0.05) is 6.07 Å². The third-order valence-corrected chi connectivity index (χ3v) is 3.29. The summed E-state index contributed by atoms with van der Waals surface area (Å²) in [4.78, 5) is 3.94. The Morgan fingerprint density at radius 3 is 2.55 bits per heavy atom. The van der Waals surface area contributed by atoms with E-state index in [-0.39, 0.29) is 18.2 Å². The van der Waals surface area contributed by atoms with E-state index < -0.39 is 11.9 Å². The van der Waals surface area contributed by atoms with Crippen LogP contribution in [0.3, 0.4) is 0 Å². The fourth-order valence-electron chi connectivity index (χ4n) is 2.15. The van der Waals surface area contributed by atoms with Crippen LogP contribution in [0.5, 0.6) is 5.75 Å². The van der Waals surface area contributed by atoms with Gasteiger partial charge in [-0.25, -0.2) is 4.39 Å². The fourth-order valence-corrected chi connectivity index (χ4v) is 2.15. The van der Waals surface area contributed by atoms with Gasteiger partial charge >= 0.3 is 0 Å². The Morgan fingerprint density at radius 2 is 1.95 bits per heavy atom. The molecule has 0 amide bonds. The summed E-state index contributed by atoms with van der Waals surface area (Å²) in [5.41, 5.74) is 7.21. The molecule has 0 radical (unpaired) electrons. The number of aromatic nitrogens is 1. The van der Waals surface area contributed by atoms with Crippen molar-refractivity contribution in [2.24, 2.45) is 5.73 Å². The molecule has 5 heteroatoms. The second-order valence-electron chi connectivity index (χ2n) is 4.46. The monoisotopic (exact) mass is 276 g/mol. The molecule has 1 aromatic heterocycles. The van der Waals surface area contributed by atoms with Crippen molar-refractivity contribution in [2.75, 3.05) is 13.7 Å². The lowest BCUT2D eigenvalue weighted by Crippen LogP contribution is -2.20. The number of nitrogens with zero attached hydrogens (tertiary/aromatic N) is 1. The number of benzene rings is 1. The van der Waals surface area contributed by atoms with E-state index >= 15 is 0 Å². The lowest BCUT2D eigenvalue weighted by molar-refractivity contribution is 0.147. The number of pyridine rings is 1. The molecule has 0 aliphatic carbocycles. The van der Waals surface area contributed by atoms with Crippen LogP contribution in [0.15, 0.2) is 42.7 Å². The largest absolute Gasteiger partial charge is 0.494 e. The summed E-state index contributed by atoms with van der Waals surface area (Å²) >= 11 is 0. The first kappa shape index (κ1) is 14.4. The third-order valence-electron chi connectivity index (χ3n) is 3.29. The summed E-state index contributed by atoms with van der Waals surface area (Å²) in [6, 6.07) is 7.91. The molecule has 106 valence electrons. The molecule has 2 aromatic rings. The molecule has 4 nitrogen and oxygen atoms in total. The van der Waals surface area contributed by atoms with Crippen molar-refractivity contribution in [1.29, 1.82) is 0 Å². The van der Waals surface area contributed by atoms with Crippen LogP contribution in [0.1, 0.15) is 23.1 Å². The van der Waals surface area contributed by atoms with Crippen molar-refractivity contribution < 1.29 is 14.2 Å². The molecule has 3 N–H and O–H groups in total. The zero-order valence-electron chi connectivity index (χ0n) is 11.2. The van der Waals surface area contributed by atoms with E-state index in [1.54, 1.807) is 12.4 Å². The van der Waals surface area contributed by atoms with Crippen LogP contribution in [0, 0.1) is 5.82 Å². The molecule has 0 saturated heterocycles. The summed E-state index contributed by atoms with van der Waals surface area (Å²) in [5, 5.41) is 10.5. The van der Waals surface area contributed by atoms with Gasteiger partial charge in [0.25, 0.3) is 0 Å². The highest BCUT2D eigenvalue weighted by atomic mass is 19.1. The number of aliphatic hydroxyl groups is 1. The maximum Gasteiger partial charge on any atom is 0.165 e. The van der Waals surface area contributed by atoms with Gasteiger partial charge in [-0.3, -0.25) is 4.98 Å². The van der Waals surface area contributed by atoms with Crippen molar-refractivity contribution in [3.63, 3.8) is 0 Å². The normalized spacial score (nSPS) is 13.8. The maximum atomic E-state index is 13.4. The van der Waals surface area contributed by atoms with Gasteiger partial charge in [0.15, 0.2) is 11.6 Å². The second kappa shape index (κ2) is 6.45. The quantitative estimate of drug-likeness (QED) is 0.876. The summed E-state index contributed by atoms with van der Waals surface area (Å²) in [7, 11) is 1.39. The lowest BCUT2D eigenvalue weighted by Gasteiger charge is -2.22. The number of hydrogen-bond donors (Lipinski definition) is 2. The Bertz CT molecular complexity index is 563. The molecule has 20 heavy (non-hydrogen) atoms. The van der Waals surface area contributed by atoms with Gasteiger partial charge in [-0.05, 0) is 35.4 Å². The second-order valence-corrected chi connectivity index (χ2v) is 4.46. The van der Waals surface area contributed by atoms with Gasteiger partial charge in [0, 0.05) is 24.9 Å². The predicted octanol–water partition coefficient (Wildman–Crippen LogP) is 2.01. The minimum absolute atomic E-state index is 0.104. The molecule has 1 aromatic carbocycles. The molecule has 0 spiro atoms. The van der Waals surface area contributed by atoms with Crippen LogP contribution in [-0.2, 0) is 0 Å². The van der Waals surface area contributed by atoms with Gasteiger partial charge in [0.05, 0.1) is 13.2 Å². The van der Waals surface area contributed by atoms with Crippen molar-refractivity contribution in [3.05, 3.63) is 59.7 Å². The summed E-state index contributed by atoms with van der Waals surface area (Å²) in [6.07, 6.45) is 2.46. The Labute approximate surface area is 117 Å². The fraction of sp³-hybridized carbons (Fsp3) is 0.267. The number of nitrogens with two attached hydrogens (primary N) is 1. The number of methoxy groups -OCH3 is 1. The average molecular weight is 276 g/mol.